The second-order valence-corrected chi connectivity index (χ2v) is 6.20. The Labute approximate surface area is 99.8 Å². The predicted molar refractivity (Wildman–Crippen MR) is 71.7 cm³/mol. The summed E-state index contributed by atoms with van der Waals surface area (Å²) in [6, 6.07) is 0.721. The van der Waals surface area contributed by atoms with Crippen LogP contribution in [0.5, 0.6) is 0 Å². The van der Waals surface area contributed by atoms with Crippen molar-refractivity contribution in [3.8, 4) is 0 Å². The number of hydrogen-bond acceptors (Lipinski definition) is 2. The zero-order valence-electron chi connectivity index (χ0n) is 10.4. The van der Waals surface area contributed by atoms with Crippen molar-refractivity contribution >= 4 is 11.8 Å². The number of rotatable bonds is 7. The Morgan fingerprint density at radius 2 is 2.20 bits per heavy atom. The summed E-state index contributed by atoms with van der Waals surface area (Å²) in [6.07, 6.45) is 9.79. The molecule has 0 saturated carbocycles. The summed E-state index contributed by atoms with van der Waals surface area (Å²) in [5.41, 5.74) is 0. The monoisotopic (exact) mass is 229 g/mol. The molecule has 90 valence electrons. The van der Waals surface area contributed by atoms with Crippen LogP contribution < -0.4 is 5.32 Å². The van der Waals surface area contributed by atoms with Gasteiger partial charge in [0.25, 0.3) is 0 Å². The number of hydrogen-bond donors (Lipinski definition) is 1. The quantitative estimate of drug-likeness (QED) is 0.666. The molecule has 0 spiro atoms. The molecule has 1 N–H and O–H groups in total. The second kappa shape index (κ2) is 8.46. The van der Waals surface area contributed by atoms with Gasteiger partial charge < -0.3 is 5.32 Å². The lowest BCUT2D eigenvalue weighted by atomic mass is 10.1. The molecule has 2 atom stereocenters. The molecule has 1 heterocycles. The summed E-state index contributed by atoms with van der Waals surface area (Å²) < 4.78 is 0. The molecule has 1 aliphatic rings. The molecule has 1 rings (SSSR count). The Kier molecular flexibility index (Phi) is 7.54. The van der Waals surface area contributed by atoms with Crippen molar-refractivity contribution in [2.75, 3.05) is 12.3 Å². The van der Waals surface area contributed by atoms with Gasteiger partial charge in [-0.2, -0.15) is 11.8 Å². The molecule has 0 aromatic rings. The third-order valence-electron chi connectivity index (χ3n) is 3.21. The first-order valence-electron chi connectivity index (χ1n) is 6.68. The van der Waals surface area contributed by atoms with E-state index in [9.17, 15) is 0 Å². The van der Waals surface area contributed by atoms with E-state index < -0.39 is 0 Å². The lowest BCUT2D eigenvalue weighted by Gasteiger charge is -2.23. The lowest BCUT2D eigenvalue weighted by molar-refractivity contribution is 0.476. The van der Waals surface area contributed by atoms with Crippen molar-refractivity contribution in [2.24, 2.45) is 0 Å². The fourth-order valence-electron chi connectivity index (χ4n) is 2.10. The maximum absolute atomic E-state index is 3.69. The van der Waals surface area contributed by atoms with E-state index >= 15 is 0 Å². The number of unbranched alkanes of at least 4 members (excludes halogenated alkanes) is 2. The van der Waals surface area contributed by atoms with Gasteiger partial charge in [0.05, 0.1) is 0 Å². The zero-order valence-corrected chi connectivity index (χ0v) is 11.2. The van der Waals surface area contributed by atoms with E-state index in [1.807, 2.05) is 0 Å². The molecule has 2 heteroatoms. The summed E-state index contributed by atoms with van der Waals surface area (Å²) in [5.74, 6) is 1.39. The van der Waals surface area contributed by atoms with Gasteiger partial charge in [-0.3, -0.25) is 0 Å². The van der Waals surface area contributed by atoms with E-state index in [1.54, 1.807) is 0 Å². The van der Waals surface area contributed by atoms with Gasteiger partial charge in [-0.15, -0.1) is 0 Å². The Bertz CT molecular complexity index is 143. The van der Waals surface area contributed by atoms with Crippen molar-refractivity contribution in [1.82, 2.24) is 5.32 Å². The SMILES string of the molecule is CCCCCC(C)NCC1CCCCS1. The largest absolute Gasteiger partial charge is 0.313 e. The minimum absolute atomic E-state index is 0.721. The minimum Gasteiger partial charge on any atom is -0.313 e. The van der Waals surface area contributed by atoms with Crippen molar-refractivity contribution in [1.29, 1.82) is 0 Å². The molecule has 0 amide bonds. The molecule has 1 saturated heterocycles. The van der Waals surface area contributed by atoms with Crippen LogP contribution in [0, 0.1) is 0 Å². The van der Waals surface area contributed by atoms with Crippen LogP contribution in [0.15, 0.2) is 0 Å². The molecule has 1 nitrogen and oxygen atoms in total. The van der Waals surface area contributed by atoms with Crippen LogP contribution in [0.1, 0.15) is 58.8 Å². The second-order valence-electron chi connectivity index (χ2n) is 4.79. The van der Waals surface area contributed by atoms with Gasteiger partial charge in [0.2, 0.25) is 0 Å². The van der Waals surface area contributed by atoms with Crippen LogP contribution in [-0.4, -0.2) is 23.6 Å². The van der Waals surface area contributed by atoms with Gasteiger partial charge in [0, 0.05) is 17.8 Å². The minimum atomic E-state index is 0.721. The Hall–Kier alpha value is 0.310. The highest BCUT2D eigenvalue weighted by Gasteiger charge is 2.14. The lowest BCUT2D eigenvalue weighted by Crippen LogP contribution is -2.33. The van der Waals surface area contributed by atoms with Gasteiger partial charge in [-0.25, -0.2) is 0 Å². The van der Waals surface area contributed by atoms with Crippen LogP contribution in [0.2, 0.25) is 0 Å². The molecule has 0 aromatic carbocycles. The summed E-state index contributed by atoms with van der Waals surface area (Å²) in [4.78, 5) is 0. The highest BCUT2D eigenvalue weighted by atomic mass is 32.2. The number of nitrogens with one attached hydrogen (secondary N) is 1. The first kappa shape index (κ1) is 13.4. The normalized spacial score (nSPS) is 24.0. The molecule has 0 aliphatic carbocycles. The van der Waals surface area contributed by atoms with Crippen molar-refractivity contribution in [3.05, 3.63) is 0 Å². The molecule has 0 radical (unpaired) electrons. The zero-order chi connectivity index (χ0) is 10.9. The summed E-state index contributed by atoms with van der Waals surface area (Å²) in [7, 11) is 0. The van der Waals surface area contributed by atoms with Gasteiger partial charge in [-0.05, 0) is 31.9 Å². The van der Waals surface area contributed by atoms with E-state index in [2.05, 4.69) is 30.9 Å². The molecule has 0 aromatic heterocycles. The van der Waals surface area contributed by atoms with Crippen LogP contribution in [-0.2, 0) is 0 Å². The molecular formula is C13H27NS. The van der Waals surface area contributed by atoms with E-state index in [0.717, 1.165) is 11.3 Å². The molecular weight excluding hydrogens is 202 g/mol. The number of thioether (sulfide) groups is 1. The first-order valence-corrected chi connectivity index (χ1v) is 7.72. The predicted octanol–water partition coefficient (Wildman–Crippen LogP) is 3.83. The maximum atomic E-state index is 3.69. The summed E-state index contributed by atoms with van der Waals surface area (Å²) >= 11 is 2.17. The fraction of sp³-hybridized carbons (Fsp3) is 1.00. The average Bonchev–Trinajstić information content (AvgIpc) is 2.28. The Morgan fingerprint density at radius 3 is 2.87 bits per heavy atom. The average molecular weight is 229 g/mol. The summed E-state index contributed by atoms with van der Waals surface area (Å²) in [6.45, 7) is 5.85. The highest BCUT2D eigenvalue weighted by Crippen LogP contribution is 2.24. The van der Waals surface area contributed by atoms with Crippen molar-refractivity contribution in [2.45, 2.75) is 70.1 Å². The van der Waals surface area contributed by atoms with Crippen LogP contribution in [0.3, 0.4) is 0 Å². The third kappa shape index (κ3) is 6.47. The van der Waals surface area contributed by atoms with Gasteiger partial charge in [0.15, 0.2) is 0 Å². The maximum Gasteiger partial charge on any atom is 0.0172 e. The van der Waals surface area contributed by atoms with E-state index in [1.165, 1.54) is 57.2 Å². The van der Waals surface area contributed by atoms with E-state index in [4.69, 9.17) is 0 Å². The third-order valence-corrected chi connectivity index (χ3v) is 4.61. The molecule has 1 aliphatic heterocycles. The van der Waals surface area contributed by atoms with Gasteiger partial charge >= 0.3 is 0 Å². The standard InChI is InChI=1S/C13H27NS/c1-3-4-5-8-12(2)14-11-13-9-6-7-10-15-13/h12-14H,3-11H2,1-2H3. The highest BCUT2D eigenvalue weighted by molar-refractivity contribution is 7.99. The van der Waals surface area contributed by atoms with E-state index in [0.29, 0.717) is 0 Å². The van der Waals surface area contributed by atoms with Gasteiger partial charge in [0.1, 0.15) is 0 Å². The first-order chi connectivity index (χ1) is 7.33. The fourth-order valence-corrected chi connectivity index (χ4v) is 3.36. The van der Waals surface area contributed by atoms with Crippen molar-refractivity contribution < 1.29 is 0 Å². The van der Waals surface area contributed by atoms with Crippen molar-refractivity contribution in [3.63, 3.8) is 0 Å². The molecule has 0 bridgehead atoms. The van der Waals surface area contributed by atoms with Crippen LogP contribution in [0.25, 0.3) is 0 Å². The Morgan fingerprint density at radius 1 is 1.33 bits per heavy atom. The molecule has 2 unspecified atom stereocenters. The van der Waals surface area contributed by atoms with Gasteiger partial charge in [-0.1, -0.05) is 32.6 Å². The van der Waals surface area contributed by atoms with Crippen LogP contribution in [0.4, 0.5) is 0 Å². The topological polar surface area (TPSA) is 12.0 Å². The smallest absolute Gasteiger partial charge is 0.0172 e. The molecule has 15 heavy (non-hydrogen) atoms. The Balaban J connectivity index is 1.97. The van der Waals surface area contributed by atoms with E-state index in [-0.39, 0.29) is 0 Å². The molecule has 1 fully saturated rings. The summed E-state index contributed by atoms with van der Waals surface area (Å²) in [5, 5.41) is 4.59. The van der Waals surface area contributed by atoms with Crippen LogP contribution >= 0.6 is 11.8 Å².